The number of hydrogen-bond acceptors (Lipinski definition) is 5. The van der Waals surface area contributed by atoms with E-state index < -0.39 is 0 Å². The first kappa shape index (κ1) is 11.4. The van der Waals surface area contributed by atoms with Gasteiger partial charge in [0, 0.05) is 13.1 Å². The summed E-state index contributed by atoms with van der Waals surface area (Å²) in [5.41, 5.74) is 0. The van der Waals surface area contributed by atoms with Crippen molar-refractivity contribution >= 4 is 17.5 Å². The van der Waals surface area contributed by atoms with Crippen molar-refractivity contribution in [1.29, 1.82) is 0 Å². The lowest BCUT2D eigenvalue weighted by Crippen LogP contribution is -2.22. The van der Waals surface area contributed by atoms with Crippen molar-refractivity contribution in [2.45, 2.75) is 13.8 Å². The molecule has 0 bridgehead atoms. The fraction of sp³-hybridized carbons (Fsp3) is 0.700. The van der Waals surface area contributed by atoms with Crippen LogP contribution in [-0.4, -0.2) is 35.2 Å². The number of aromatic nitrogens is 3. The lowest BCUT2D eigenvalue weighted by atomic mass is 10.0. The number of anilines is 1. The van der Waals surface area contributed by atoms with E-state index in [0.29, 0.717) is 17.8 Å². The van der Waals surface area contributed by atoms with Crippen LogP contribution in [0.4, 0.5) is 5.95 Å². The van der Waals surface area contributed by atoms with Crippen molar-refractivity contribution in [2.75, 3.05) is 25.1 Å². The van der Waals surface area contributed by atoms with Crippen molar-refractivity contribution in [3.05, 3.63) is 5.28 Å². The molecule has 88 valence electrons. The number of rotatable bonds is 2. The summed E-state index contributed by atoms with van der Waals surface area (Å²) >= 11 is 5.81. The van der Waals surface area contributed by atoms with Crippen molar-refractivity contribution in [1.82, 2.24) is 15.0 Å². The van der Waals surface area contributed by atoms with E-state index >= 15 is 0 Å². The maximum atomic E-state index is 5.81. The monoisotopic (exact) mass is 242 g/mol. The molecule has 0 N–H and O–H groups in total. The quantitative estimate of drug-likeness (QED) is 0.789. The van der Waals surface area contributed by atoms with Crippen LogP contribution in [0.15, 0.2) is 0 Å². The van der Waals surface area contributed by atoms with Gasteiger partial charge in [-0.25, -0.2) is 0 Å². The highest BCUT2D eigenvalue weighted by atomic mass is 35.5. The second-order valence-corrected chi connectivity index (χ2v) is 4.59. The highest BCUT2D eigenvalue weighted by Gasteiger charge is 2.28. The average molecular weight is 243 g/mol. The van der Waals surface area contributed by atoms with Gasteiger partial charge in [0.05, 0.1) is 7.11 Å². The van der Waals surface area contributed by atoms with E-state index in [2.05, 4.69) is 33.7 Å². The third-order valence-electron chi connectivity index (χ3n) is 3.03. The third kappa shape index (κ3) is 2.19. The topological polar surface area (TPSA) is 51.1 Å². The van der Waals surface area contributed by atoms with Gasteiger partial charge in [-0.05, 0) is 23.4 Å². The Morgan fingerprint density at radius 3 is 2.38 bits per heavy atom. The molecule has 0 radical (unpaired) electrons. The van der Waals surface area contributed by atoms with Crippen LogP contribution in [-0.2, 0) is 0 Å². The van der Waals surface area contributed by atoms with Crippen LogP contribution in [0.5, 0.6) is 6.01 Å². The summed E-state index contributed by atoms with van der Waals surface area (Å²) in [5.74, 6) is 1.89. The largest absolute Gasteiger partial charge is 0.467 e. The Bertz CT molecular complexity index is 377. The molecule has 1 aliphatic heterocycles. The predicted molar refractivity (Wildman–Crippen MR) is 61.9 cm³/mol. The van der Waals surface area contributed by atoms with Crippen LogP contribution in [0.25, 0.3) is 0 Å². The standard InChI is InChI=1S/C10H15ClN4O/c1-6-4-15(5-7(6)2)9-12-8(11)13-10(14-9)16-3/h6-7H,4-5H2,1-3H3. The van der Waals surface area contributed by atoms with Gasteiger partial charge in [-0.3, -0.25) is 0 Å². The highest BCUT2D eigenvalue weighted by molar-refractivity contribution is 6.28. The van der Waals surface area contributed by atoms with Gasteiger partial charge in [0.2, 0.25) is 11.2 Å². The van der Waals surface area contributed by atoms with Gasteiger partial charge >= 0.3 is 6.01 Å². The van der Waals surface area contributed by atoms with Crippen LogP contribution in [0.2, 0.25) is 5.28 Å². The average Bonchev–Trinajstić information content (AvgIpc) is 2.58. The summed E-state index contributed by atoms with van der Waals surface area (Å²) in [5, 5.41) is 0.175. The van der Waals surface area contributed by atoms with Gasteiger partial charge in [-0.2, -0.15) is 15.0 Å². The molecule has 0 aliphatic carbocycles. The molecule has 2 rings (SSSR count). The zero-order valence-electron chi connectivity index (χ0n) is 9.64. The molecule has 1 aromatic heterocycles. The first-order valence-electron chi connectivity index (χ1n) is 5.30. The molecule has 16 heavy (non-hydrogen) atoms. The Balaban J connectivity index is 2.24. The number of halogens is 1. The summed E-state index contributed by atoms with van der Waals surface area (Å²) in [7, 11) is 1.52. The predicted octanol–water partition coefficient (Wildman–Crippen LogP) is 1.63. The maximum Gasteiger partial charge on any atom is 0.322 e. The second kappa shape index (κ2) is 4.41. The molecule has 0 aromatic carbocycles. The SMILES string of the molecule is COc1nc(Cl)nc(N2CC(C)C(C)C2)n1. The van der Waals surface area contributed by atoms with Crippen LogP contribution < -0.4 is 9.64 Å². The Labute approximate surface area is 99.8 Å². The van der Waals surface area contributed by atoms with Crippen LogP contribution in [0, 0.1) is 11.8 Å². The first-order chi connectivity index (χ1) is 7.60. The maximum absolute atomic E-state index is 5.81. The zero-order valence-corrected chi connectivity index (χ0v) is 10.4. The van der Waals surface area contributed by atoms with Crippen molar-refractivity contribution in [3.8, 4) is 6.01 Å². The van der Waals surface area contributed by atoms with Crippen molar-refractivity contribution < 1.29 is 4.74 Å². The fourth-order valence-electron chi connectivity index (χ4n) is 1.85. The van der Waals surface area contributed by atoms with Gasteiger partial charge in [-0.1, -0.05) is 13.8 Å². The summed E-state index contributed by atoms with van der Waals surface area (Å²) in [6.07, 6.45) is 0. The number of hydrogen-bond donors (Lipinski definition) is 0. The molecule has 2 heterocycles. The van der Waals surface area contributed by atoms with E-state index in [0.717, 1.165) is 13.1 Å². The van der Waals surface area contributed by atoms with E-state index in [9.17, 15) is 0 Å². The molecule has 1 fully saturated rings. The molecule has 0 amide bonds. The van der Waals surface area contributed by atoms with E-state index in [-0.39, 0.29) is 11.3 Å². The Morgan fingerprint density at radius 1 is 1.19 bits per heavy atom. The fourth-order valence-corrected chi connectivity index (χ4v) is 2.00. The second-order valence-electron chi connectivity index (χ2n) is 4.25. The van der Waals surface area contributed by atoms with Crippen molar-refractivity contribution in [3.63, 3.8) is 0 Å². The normalized spacial score (nSPS) is 24.9. The molecule has 1 aliphatic rings. The molecule has 0 spiro atoms. The highest BCUT2D eigenvalue weighted by Crippen LogP contribution is 2.26. The van der Waals surface area contributed by atoms with E-state index in [1.165, 1.54) is 7.11 Å². The van der Waals surface area contributed by atoms with Crippen LogP contribution in [0.3, 0.4) is 0 Å². The van der Waals surface area contributed by atoms with E-state index in [1.54, 1.807) is 0 Å². The summed E-state index contributed by atoms with van der Waals surface area (Å²) in [6.45, 7) is 6.35. The van der Waals surface area contributed by atoms with Gasteiger partial charge in [-0.15, -0.1) is 0 Å². The molecule has 6 heteroatoms. The summed E-state index contributed by atoms with van der Waals surface area (Å²) in [6, 6.07) is 0.266. The Morgan fingerprint density at radius 2 is 1.81 bits per heavy atom. The lowest BCUT2D eigenvalue weighted by Gasteiger charge is -2.15. The number of ether oxygens (including phenoxy) is 1. The zero-order chi connectivity index (χ0) is 11.7. The molecule has 2 unspecified atom stereocenters. The summed E-state index contributed by atoms with van der Waals surface area (Å²) in [4.78, 5) is 14.3. The minimum absolute atomic E-state index is 0.175. The Kier molecular flexibility index (Phi) is 3.14. The molecule has 0 saturated carbocycles. The molecule has 1 saturated heterocycles. The first-order valence-corrected chi connectivity index (χ1v) is 5.68. The van der Waals surface area contributed by atoms with Gasteiger partial charge < -0.3 is 9.64 Å². The van der Waals surface area contributed by atoms with Crippen LogP contribution >= 0.6 is 11.6 Å². The Hall–Kier alpha value is -1.10. The molecule has 2 atom stereocenters. The third-order valence-corrected chi connectivity index (χ3v) is 3.20. The minimum atomic E-state index is 0.175. The van der Waals surface area contributed by atoms with E-state index in [4.69, 9.17) is 16.3 Å². The molecule has 5 nitrogen and oxygen atoms in total. The van der Waals surface area contributed by atoms with Gasteiger partial charge in [0.1, 0.15) is 0 Å². The lowest BCUT2D eigenvalue weighted by molar-refractivity contribution is 0.378. The molecule has 1 aromatic rings. The summed E-state index contributed by atoms with van der Waals surface area (Å²) < 4.78 is 4.98. The number of methoxy groups -OCH3 is 1. The van der Waals surface area contributed by atoms with Crippen molar-refractivity contribution in [2.24, 2.45) is 11.8 Å². The molecular formula is C10H15ClN4O. The molecular weight excluding hydrogens is 228 g/mol. The number of nitrogens with zero attached hydrogens (tertiary/aromatic N) is 4. The van der Waals surface area contributed by atoms with Gasteiger partial charge in [0.25, 0.3) is 0 Å². The van der Waals surface area contributed by atoms with E-state index in [1.807, 2.05) is 0 Å². The smallest absolute Gasteiger partial charge is 0.322 e. The minimum Gasteiger partial charge on any atom is -0.467 e. The van der Waals surface area contributed by atoms with Crippen LogP contribution in [0.1, 0.15) is 13.8 Å². The van der Waals surface area contributed by atoms with Gasteiger partial charge in [0.15, 0.2) is 0 Å².